The van der Waals surface area contributed by atoms with E-state index in [4.69, 9.17) is 10.5 Å². The lowest BCUT2D eigenvalue weighted by Crippen LogP contribution is -2.37. The standard InChI is InChI=1S/C20H22N4O2/c21-20(24-17-10-12-26-18-8-4-2-6-15(17)18)22-11-9-14-13-5-1-3-7-16(13)23-19(14)25/h1-8,14,17H,9-12H2,(H,23,25)(H3,21,22,24). The summed E-state index contributed by atoms with van der Waals surface area (Å²) in [6.45, 7) is 1.15. The Morgan fingerprint density at radius 3 is 2.85 bits per heavy atom. The lowest BCUT2D eigenvalue weighted by Gasteiger charge is -2.27. The molecule has 0 saturated heterocycles. The molecule has 0 aliphatic carbocycles. The van der Waals surface area contributed by atoms with Gasteiger partial charge in [0.15, 0.2) is 5.96 Å². The first-order chi connectivity index (χ1) is 12.7. The molecule has 0 radical (unpaired) electrons. The fourth-order valence-electron chi connectivity index (χ4n) is 3.59. The maximum Gasteiger partial charge on any atom is 0.232 e. The summed E-state index contributed by atoms with van der Waals surface area (Å²) >= 11 is 0. The third-order valence-electron chi connectivity index (χ3n) is 4.89. The Morgan fingerprint density at radius 2 is 1.96 bits per heavy atom. The van der Waals surface area contributed by atoms with Crippen molar-refractivity contribution in [3.8, 4) is 5.75 Å². The molecule has 134 valence electrons. The third kappa shape index (κ3) is 3.22. The van der Waals surface area contributed by atoms with Crippen LogP contribution in [0.15, 0.2) is 53.5 Å². The number of nitrogens with two attached hydrogens (primary N) is 1. The lowest BCUT2D eigenvalue weighted by molar-refractivity contribution is -0.117. The average Bonchev–Trinajstić information content (AvgIpc) is 2.98. The van der Waals surface area contributed by atoms with Gasteiger partial charge in [0.05, 0.1) is 18.6 Å². The van der Waals surface area contributed by atoms with Gasteiger partial charge in [0.2, 0.25) is 5.91 Å². The molecule has 1 amide bonds. The fourth-order valence-corrected chi connectivity index (χ4v) is 3.59. The molecule has 2 aromatic carbocycles. The van der Waals surface area contributed by atoms with Gasteiger partial charge in [-0.05, 0) is 24.1 Å². The Hall–Kier alpha value is -3.02. The molecule has 2 atom stereocenters. The molecule has 2 aliphatic heterocycles. The molecule has 2 unspecified atom stereocenters. The molecule has 0 spiro atoms. The van der Waals surface area contributed by atoms with Gasteiger partial charge in [0, 0.05) is 24.2 Å². The molecule has 0 fully saturated rings. The zero-order valence-electron chi connectivity index (χ0n) is 14.4. The predicted molar refractivity (Wildman–Crippen MR) is 101 cm³/mol. The van der Waals surface area contributed by atoms with Crippen molar-refractivity contribution in [3.63, 3.8) is 0 Å². The maximum absolute atomic E-state index is 12.1. The van der Waals surface area contributed by atoms with E-state index in [2.05, 4.69) is 15.6 Å². The third-order valence-corrected chi connectivity index (χ3v) is 4.89. The lowest BCUT2D eigenvalue weighted by atomic mass is 9.97. The van der Waals surface area contributed by atoms with E-state index in [9.17, 15) is 4.79 Å². The number of carbonyl (C=O) groups is 1. The summed E-state index contributed by atoms with van der Waals surface area (Å²) in [4.78, 5) is 16.6. The minimum Gasteiger partial charge on any atom is -0.493 e. The van der Waals surface area contributed by atoms with Gasteiger partial charge in [-0.25, -0.2) is 0 Å². The molecule has 4 rings (SSSR count). The number of para-hydroxylation sites is 2. The molecular formula is C20H22N4O2. The van der Waals surface area contributed by atoms with Crippen molar-refractivity contribution in [1.82, 2.24) is 5.32 Å². The smallest absolute Gasteiger partial charge is 0.232 e. The molecule has 0 aromatic heterocycles. The van der Waals surface area contributed by atoms with Gasteiger partial charge in [0.25, 0.3) is 0 Å². The van der Waals surface area contributed by atoms with Crippen molar-refractivity contribution in [1.29, 1.82) is 0 Å². The summed E-state index contributed by atoms with van der Waals surface area (Å²) in [5.74, 6) is 1.17. The van der Waals surface area contributed by atoms with Crippen LogP contribution in [-0.2, 0) is 4.79 Å². The monoisotopic (exact) mass is 350 g/mol. The zero-order chi connectivity index (χ0) is 17.9. The van der Waals surface area contributed by atoms with Gasteiger partial charge in [-0.1, -0.05) is 36.4 Å². The first kappa shape index (κ1) is 16.4. The number of amides is 1. The average molecular weight is 350 g/mol. The van der Waals surface area contributed by atoms with Crippen molar-refractivity contribution in [2.24, 2.45) is 10.7 Å². The number of aliphatic imine (C=N–C) groups is 1. The highest BCUT2D eigenvalue weighted by Crippen LogP contribution is 2.34. The normalized spacial score (nSPS) is 21.4. The first-order valence-corrected chi connectivity index (χ1v) is 8.90. The number of rotatable bonds is 4. The molecule has 2 heterocycles. The van der Waals surface area contributed by atoms with Crippen LogP contribution in [0.4, 0.5) is 5.69 Å². The van der Waals surface area contributed by atoms with E-state index >= 15 is 0 Å². The highest BCUT2D eigenvalue weighted by atomic mass is 16.5. The van der Waals surface area contributed by atoms with Crippen molar-refractivity contribution in [2.45, 2.75) is 24.8 Å². The Balaban J connectivity index is 1.37. The summed E-state index contributed by atoms with van der Waals surface area (Å²) in [6, 6.07) is 15.8. The molecule has 6 heteroatoms. The van der Waals surface area contributed by atoms with E-state index in [1.165, 1.54) is 0 Å². The van der Waals surface area contributed by atoms with Gasteiger partial charge in [-0.3, -0.25) is 9.79 Å². The van der Waals surface area contributed by atoms with E-state index < -0.39 is 0 Å². The molecular weight excluding hydrogens is 328 g/mol. The SMILES string of the molecule is NC(=NCCC1C(=O)Nc2ccccc21)NC1CCOc2ccccc21. The molecule has 6 nitrogen and oxygen atoms in total. The second-order valence-electron chi connectivity index (χ2n) is 6.56. The van der Waals surface area contributed by atoms with Crippen molar-refractivity contribution < 1.29 is 9.53 Å². The van der Waals surface area contributed by atoms with Crippen LogP contribution in [0.1, 0.15) is 35.9 Å². The predicted octanol–water partition coefficient (Wildman–Crippen LogP) is 2.54. The number of nitrogens with one attached hydrogen (secondary N) is 2. The summed E-state index contributed by atoms with van der Waals surface area (Å²) in [5, 5.41) is 6.19. The van der Waals surface area contributed by atoms with Crippen molar-refractivity contribution >= 4 is 17.6 Å². The minimum atomic E-state index is -0.161. The number of anilines is 1. The van der Waals surface area contributed by atoms with E-state index in [0.29, 0.717) is 25.5 Å². The number of ether oxygens (including phenoxy) is 1. The Morgan fingerprint density at radius 1 is 1.19 bits per heavy atom. The number of fused-ring (bicyclic) bond motifs is 2. The Kier molecular flexibility index (Phi) is 4.48. The van der Waals surface area contributed by atoms with Crippen LogP contribution in [0.2, 0.25) is 0 Å². The zero-order valence-corrected chi connectivity index (χ0v) is 14.4. The maximum atomic E-state index is 12.1. The van der Waals surface area contributed by atoms with Crippen LogP contribution in [-0.4, -0.2) is 25.0 Å². The summed E-state index contributed by atoms with van der Waals surface area (Å²) in [7, 11) is 0. The van der Waals surface area contributed by atoms with E-state index in [1.54, 1.807) is 0 Å². The summed E-state index contributed by atoms with van der Waals surface area (Å²) in [5.41, 5.74) is 9.11. The van der Waals surface area contributed by atoms with Gasteiger partial charge >= 0.3 is 0 Å². The van der Waals surface area contributed by atoms with Crippen molar-refractivity contribution in [3.05, 3.63) is 59.7 Å². The molecule has 26 heavy (non-hydrogen) atoms. The molecule has 0 bridgehead atoms. The van der Waals surface area contributed by atoms with E-state index in [-0.39, 0.29) is 17.9 Å². The number of carbonyl (C=O) groups excluding carboxylic acids is 1. The highest BCUT2D eigenvalue weighted by molar-refractivity contribution is 6.02. The van der Waals surface area contributed by atoms with Crippen LogP contribution < -0.4 is 21.1 Å². The van der Waals surface area contributed by atoms with Gasteiger partial charge in [-0.2, -0.15) is 0 Å². The number of benzene rings is 2. The molecule has 2 aromatic rings. The Labute approximate surface area is 152 Å². The first-order valence-electron chi connectivity index (χ1n) is 8.90. The second-order valence-corrected chi connectivity index (χ2v) is 6.56. The Bertz CT molecular complexity index is 849. The topological polar surface area (TPSA) is 88.7 Å². The number of nitrogens with zero attached hydrogens (tertiary/aromatic N) is 1. The molecule has 4 N–H and O–H groups in total. The van der Waals surface area contributed by atoms with Crippen LogP contribution >= 0.6 is 0 Å². The van der Waals surface area contributed by atoms with E-state index in [0.717, 1.165) is 29.0 Å². The second kappa shape index (κ2) is 7.07. The minimum absolute atomic E-state index is 0.0336. The number of guanidine groups is 1. The fraction of sp³-hybridized carbons (Fsp3) is 0.300. The van der Waals surface area contributed by atoms with Crippen LogP contribution in [0.5, 0.6) is 5.75 Å². The van der Waals surface area contributed by atoms with Crippen molar-refractivity contribution in [2.75, 3.05) is 18.5 Å². The van der Waals surface area contributed by atoms with Crippen LogP contribution in [0.25, 0.3) is 0 Å². The largest absolute Gasteiger partial charge is 0.493 e. The van der Waals surface area contributed by atoms with Crippen LogP contribution in [0.3, 0.4) is 0 Å². The van der Waals surface area contributed by atoms with Crippen LogP contribution in [0, 0.1) is 0 Å². The highest BCUT2D eigenvalue weighted by Gasteiger charge is 2.29. The van der Waals surface area contributed by atoms with Gasteiger partial charge < -0.3 is 21.1 Å². The quantitative estimate of drug-likeness (QED) is 0.584. The summed E-state index contributed by atoms with van der Waals surface area (Å²) < 4.78 is 5.66. The molecule has 0 saturated carbocycles. The van der Waals surface area contributed by atoms with E-state index in [1.807, 2.05) is 48.5 Å². The summed E-state index contributed by atoms with van der Waals surface area (Å²) in [6.07, 6.45) is 1.47. The van der Waals surface area contributed by atoms with Gasteiger partial charge in [-0.15, -0.1) is 0 Å². The number of hydrogen-bond acceptors (Lipinski definition) is 3. The van der Waals surface area contributed by atoms with Gasteiger partial charge in [0.1, 0.15) is 5.75 Å². The number of hydrogen-bond donors (Lipinski definition) is 3. The molecule has 2 aliphatic rings.